The van der Waals surface area contributed by atoms with Gasteiger partial charge in [-0.1, -0.05) is 91.0 Å². The van der Waals surface area contributed by atoms with Gasteiger partial charge in [-0.05, 0) is 71.9 Å². The molecule has 0 fully saturated rings. The minimum Gasteiger partial charge on any atom is -0.309 e. The fraction of sp³-hybridized carbons (Fsp3) is 0. The van der Waals surface area contributed by atoms with E-state index in [9.17, 15) is 0 Å². The Morgan fingerprint density at radius 2 is 0.922 bits per heavy atom. The van der Waals surface area contributed by atoms with Crippen LogP contribution in [0.15, 0.2) is 164 Å². The summed E-state index contributed by atoms with van der Waals surface area (Å²) in [6, 6.07) is 56.2. The van der Waals surface area contributed by atoms with Crippen LogP contribution in [0.1, 0.15) is 0 Å². The van der Waals surface area contributed by atoms with E-state index in [1.807, 2.05) is 6.20 Å². The van der Waals surface area contributed by atoms with Crippen LogP contribution < -0.4 is 10.5 Å². The molecule has 0 saturated heterocycles. The molecule has 238 valence electrons. The van der Waals surface area contributed by atoms with Gasteiger partial charge in [0.1, 0.15) is 15.2 Å². The van der Waals surface area contributed by atoms with E-state index in [1.54, 1.807) is 0 Å². The smallest absolute Gasteiger partial charge is 0.117 e. The maximum atomic E-state index is 5.30. The summed E-state index contributed by atoms with van der Waals surface area (Å²) >= 11 is 0. The number of hydrogen-bond donors (Lipinski definition) is 0. The van der Waals surface area contributed by atoms with E-state index in [-0.39, 0.29) is 0 Å². The quantitative estimate of drug-likeness (QED) is 0.177. The van der Waals surface area contributed by atoms with Crippen LogP contribution in [0.5, 0.6) is 0 Å². The average Bonchev–Trinajstić information content (AvgIpc) is 3.85. The standard InChI is InChI=1S/C45H29N5Si/c1-3-11-30(12-4-1)49-38-17-9-7-15-32(38)34-25-28(19-22-40(34)49)36-21-24-42-43(47-36)44-45(51-42)46-27-37(48-44)29-20-23-41-35(26-29)33-16-8-10-18-39(33)50(41)31-13-5-2-6-14-31/h1-27H,51H2. The van der Waals surface area contributed by atoms with Gasteiger partial charge in [0.15, 0.2) is 0 Å². The number of benzene rings is 6. The van der Waals surface area contributed by atoms with Crippen LogP contribution in [0.2, 0.25) is 0 Å². The Hall–Kier alpha value is -6.63. The van der Waals surface area contributed by atoms with Gasteiger partial charge in [0.2, 0.25) is 0 Å². The zero-order valence-corrected chi connectivity index (χ0v) is 28.9. The van der Waals surface area contributed by atoms with Crippen molar-refractivity contribution in [3.63, 3.8) is 0 Å². The number of nitrogens with zero attached hydrogens (tertiary/aromatic N) is 5. The van der Waals surface area contributed by atoms with Crippen molar-refractivity contribution in [3.05, 3.63) is 164 Å². The summed E-state index contributed by atoms with van der Waals surface area (Å²) < 4.78 is 4.69. The van der Waals surface area contributed by atoms with E-state index in [0.29, 0.717) is 0 Å². The molecule has 0 amide bonds. The van der Waals surface area contributed by atoms with Gasteiger partial charge in [0.25, 0.3) is 0 Å². The van der Waals surface area contributed by atoms with Crippen molar-refractivity contribution < 1.29 is 0 Å². The summed E-state index contributed by atoms with van der Waals surface area (Å²) in [5.41, 5.74) is 13.0. The topological polar surface area (TPSA) is 48.5 Å². The van der Waals surface area contributed by atoms with Crippen molar-refractivity contribution in [1.29, 1.82) is 0 Å². The zero-order valence-electron chi connectivity index (χ0n) is 27.5. The molecule has 0 saturated carbocycles. The molecule has 5 nitrogen and oxygen atoms in total. The Bertz CT molecular complexity index is 2790. The van der Waals surface area contributed by atoms with Crippen molar-refractivity contribution in [1.82, 2.24) is 24.1 Å². The second kappa shape index (κ2) is 10.9. The molecule has 0 unspecified atom stereocenters. The van der Waals surface area contributed by atoms with Gasteiger partial charge >= 0.3 is 0 Å². The minimum atomic E-state index is -0.770. The Balaban J connectivity index is 1.01. The fourth-order valence-corrected chi connectivity index (χ4v) is 9.63. The molecule has 0 bridgehead atoms. The van der Waals surface area contributed by atoms with E-state index in [4.69, 9.17) is 15.0 Å². The molecule has 6 heteroatoms. The van der Waals surface area contributed by atoms with Gasteiger partial charge in [-0.15, -0.1) is 0 Å². The lowest BCUT2D eigenvalue weighted by Crippen LogP contribution is -2.24. The first-order valence-corrected chi connectivity index (χ1v) is 18.7. The first-order chi connectivity index (χ1) is 25.3. The SMILES string of the molecule is c1ccc(-n2c3ccccc3c3cc(-c4ccc5c(n4)-c4nc(-c6ccc7c(c6)c6ccccc6n7-c6ccccc6)cnc4[SiH2]5)ccc32)cc1. The van der Waals surface area contributed by atoms with E-state index in [2.05, 4.69) is 167 Å². The van der Waals surface area contributed by atoms with Crippen LogP contribution in [0.25, 0.3) is 88.9 Å². The van der Waals surface area contributed by atoms with E-state index in [0.717, 1.165) is 50.6 Å². The molecule has 6 aromatic carbocycles. The van der Waals surface area contributed by atoms with Gasteiger partial charge < -0.3 is 9.13 Å². The zero-order chi connectivity index (χ0) is 33.5. The third-order valence-corrected chi connectivity index (χ3v) is 12.2. The lowest BCUT2D eigenvalue weighted by molar-refractivity contribution is 1.18. The van der Waals surface area contributed by atoms with Gasteiger partial charge in [0.05, 0.1) is 45.3 Å². The Kier molecular flexibility index (Phi) is 6.05. The van der Waals surface area contributed by atoms with E-state index >= 15 is 0 Å². The largest absolute Gasteiger partial charge is 0.309 e. The highest BCUT2D eigenvalue weighted by Gasteiger charge is 2.25. The normalized spacial score (nSPS) is 12.7. The van der Waals surface area contributed by atoms with Gasteiger partial charge in [0, 0.05) is 49.4 Å². The highest BCUT2D eigenvalue weighted by molar-refractivity contribution is 6.72. The van der Waals surface area contributed by atoms with Gasteiger partial charge in [-0.2, -0.15) is 0 Å². The molecule has 0 spiro atoms. The summed E-state index contributed by atoms with van der Waals surface area (Å²) in [5.74, 6) is 0. The lowest BCUT2D eigenvalue weighted by atomic mass is 10.1. The van der Waals surface area contributed by atoms with E-state index in [1.165, 1.54) is 48.8 Å². The lowest BCUT2D eigenvalue weighted by Gasteiger charge is -2.09. The van der Waals surface area contributed by atoms with Crippen LogP contribution in [0.4, 0.5) is 0 Å². The molecule has 1 aliphatic rings. The average molecular weight is 668 g/mol. The minimum absolute atomic E-state index is 0.770. The van der Waals surface area contributed by atoms with Crippen LogP contribution in [0.3, 0.4) is 0 Å². The fourth-order valence-electron chi connectivity index (χ4n) is 8.02. The number of pyridine rings is 1. The maximum absolute atomic E-state index is 5.30. The number of fused-ring (bicyclic) bond motifs is 9. The molecule has 0 atom stereocenters. The Morgan fingerprint density at radius 3 is 1.53 bits per heavy atom. The highest BCUT2D eigenvalue weighted by atomic mass is 28.2. The maximum Gasteiger partial charge on any atom is 0.117 e. The van der Waals surface area contributed by atoms with Gasteiger partial charge in [-0.25, -0.2) is 9.97 Å². The first kappa shape index (κ1) is 28.2. The van der Waals surface area contributed by atoms with Crippen LogP contribution >= 0.6 is 0 Å². The first-order valence-electron chi connectivity index (χ1n) is 17.3. The number of hydrogen-bond acceptors (Lipinski definition) is 3. The summed E-state index contributed by atoms with van der Waals surface area (Å²) in [5, 5.41) is 7.29. The van der Waals surface area contributed by atoms with Crippen molar-refractivity contribution in [2.75, 3.05) is 0 Å². The summed E-state index contributed by atoms with van der Waals surface area (Å²) in [6.07, 6.45) is 1.95. The molecular weight excluding hydrogens is 639 g/mol. The van der Waals surface area contributed by atoms with Crippen molar-refractivity contribution in [2.45, 2.75) is 0 Å². The predicted octanol–water partition coefficient (Wildman–Crippen LogP) is 8.50. The van der Waals surface area contributed by atoms with Crippen LogP contribution in [-0.2, 0) is 0 Å². The number of rotatable bonds is 4. The van der Waals surface area contributed by atoms with Gasteiger partial charge in [-0.3, -0.25) is 4.98 Å². The summed E-state index contributed by atoms with van der Waals surface area (Å²) in [6.45, 7) is 0. The molecule has 0 N–H and O–H groups in total. The summed E-state index contributed by atoms with van der Waals surface area (Å²) in [7, 11) is -0.770. The molecule has 1 aliphatic heterocycles. The molecule has 10 aromatic rings. The number of para-hydroxylation sites is 4. The van der Waals surface area contributed by atoms with Crippen molar-refractivity contribution >= 4 is 63.6 Å². The molecule has 0 aliphatic carbocycles. The molecule has 11 rings (SSSR count). The molecule has 5 heterocycles. The molecular formula is C45H29N5Si. The van der Waals surface area contributed by atoms with Crippen LogP contribution in [-0.4, -0.2) is 33.6 Å². The summed E-state index contributed by atoms with van der Waals surface area (Å²) in [4.78, 5) is 15.6. The molecule has 51 heavy (non-hydrogen) atoms. The van der Waals surface area contributed by atoms with Crippen LogP contribution in [0, 0.1) is 0 Å². The second-order valence-corrected chi connectivity index (χ2v) is 15.1. The van der Waals surface area contributed by atoms with Crippen molar-refractivity contribution in [3.8, 4) is 45.3 Å². The Labute approximate surface area is 296 Å². The Morgan fingerprint density at radius 1 is 0.412 bits per heavy atom. The van der Waals surface area contributed by atoms with E-state index < -0.39 is 9.52 Å². The van der Waals surface area contributed by atoms with Crippen molar-refractivity contribution in [2.24, 2.45) is 0 Å². The monoisotopic (exact) mass is 667 g/mol. The third kappa shape index (κ3) is 4.30. The number of aromatic nitrogens is 5. The molecule has 4 aromatic heterocycles. The molecule has 0 radical (unpaired) electrons. The predicted molar refractivity (Wildman–Crippen MR) is 213 cm³/mol. The highest BCUT2D eigenvalue weighted by Crippen LogP contribution is 2.36. The second-order valence-electron chi connectivity index (χ2n) is 13.3. The third-order valence-electron chi connectivity index (χ3n) is 10.4.